The highest BCUT2D eigenvalue weighted by atomic mass is 16.4. The highest BCUT2D eigenvalue weighted by molar-refractivity contribution is 5.60. The summed E-state index contributed by atoms with van der Waals surface area (Å²) in [7, 11) is 1.76. The Morgan fingerprint density at radius 3 is 1.86 bits per heavy atom. The number of aliphatic carboxylic acids is 1. The summed E-state index contributed by atoms with van der Waals surface area (Å²) in [6.45, 7) is 4.21. The quantitative estimate of drug-likeness (QED) is 0.336. The van der Waals surface area contributed by atoms with Gasteiger partial charge in [-0.3, -0.25) is 4.99 Å². The normalized spacial score (nSPS) is 5.43. The Morgan fingerprint density at radius 1 is 1.86 bits per heavy atom. The number of carboxylic acid groups (broad SMARTS) is 1. The fourth-order valence-electron chi connectivity index (χ4n) is 0. The average molecular weight is 103 g/mol. The van der Waals surface area contributed by atoms with Gasteiger partial charge < -0.3 is 9.90 Å². The minimum absolute atomic E-state index is 0.972. The predicted octanol–water partition coefficient (Wildman–Crippen LogP) is -2.85. The molecule has 0 aliphatic carbocycles. The van der Waals surface area contributed by atoms with Gasteiger partial charge in [-0.1, -0.05) is 0 Å². The van der Waals surface area contributed by atoms with E-state index in [1.807, 2.05) is 0 Å². The summed E-state index contributed by atoms with van der Waals surface area (Å²) >= 11 is 0. The molecule has 0 aromatic heterocycles. The van der Waals surface area contributed by atoms with Crippen molar-refractivity contribution in [1.82, 2.24) is 0 Å². The number of hydrogen-bond acceptors (Lipinski definition) is 2. The fraction of sp³-hybridized carbons (Fsp3) is 0.500. The van der Waals surface area contributed by atoms with E-state index in [-0.39, 0.29) is 0 Å². The fourth-order valence-corrected chi connectivity index (χ4v) is 0. The van der Waals surface area contributed by atoms with Crippen molar-refractivity contribution in [2.45, 2.75) is 6.92 Å². The molecule has 0 radical (unpaired) electrons. The second-order valence-corrected chi connectivity index (χ2v) is 0.845. The van der Waals surface area contributed by atoms with Crippen LogP contribution in [0.1, 0.15) is 6.92 Å². The van der Waals surface area contributed by atoms with Gasteiger partial charge in [0.2, 0.25) is 0 Å². The standard InChI is InChI=1S/C2H5N.C2H4O2/c1-3-2;1-2(3)4/h1H2,2H3;1H3,(H,3,4). The van der Waals surface area contributed by atoms with Gasteiger partial charge in [-0.2, -0.15) is 0 Å². The molecule has 0 saturated carbocycles. The smallest absolute Gasteiger partial charge is 0.130 e. The third kappa shape index (κ3) is 68.5. The number of nitrogens with one attached hydrogen (secondary N) is 1. The van der Waals surface area contributed by atoms with Crippen LogP contribution in [0.3, 0.4) is 0 Å². The van der Waals surface area contributed by atoms with Crippen LogP contribution in [0.4, 0.5) is 0 Å². The topological polar surface area (TPSA) is 54.1 Å². The largest absolute Gasteiger partial charge is 0.550 e. The minimum Gasteiger partial charge on any atom is -0.550 e. The SMILES string of the molecule is C=[NH+]C.CC(=O)[O-]. The lowest BCUT2D eigenvalue weighted by Crippen LogP contribution is -2.59. The first-order chi connectivity index (χ1) is 3.15. The Balaban J connectivity index is 0. The van der Waals surface area contributed by atoms with E-state index in [1.54, 1.807) is 7.05 Å². The van der Waals surface area contributed by atoms with Gasteiger partial charge in [0.15, 0.2) is 0 Å². The third-order valence-electron chi connectivity index (χ3n) is 0. The number of carbonyl (C=O) groups is 1. The molecule has 3 heteroatoms. The highest BCUT2D eigenvalue weighted by Crippen LogP contribution is 1.31. The summed E-state index contributed by atoms with van der Waals surface area (Å²) in [6.07, 6.45) is 0. The van der Waals surface area contributed by atoms with Crippen molar-refractivity contribution < 1.29 is 14.9 Å². The molecule has 0 aromatic rings. The molecule has 0 unspecified atom stereocenters. The van der Waals surface area contributed by atoms with E-state index in [9.17, 15) is 0 Å². The van der Waals surface area contributed by atoms with Crippen LogP contribution in [0, 0.1) is 0 Å². The summed E-state index contributed by atoms with van der Waals surface area (Å²) < 4.78 is 0. The molecular formula is C4H9NO2. The zero-order valence-corrected chi connectivity index (χ0v) is 4.52. The molecule has 0 atom stereocenters. The second kappa shape index (κ2) is 8.94. The van der Waals surface area contributed by atoms with Gasteiger partial charge in [-0.25, -0.2) is 0 Å². The van der Waals surface area contributed by atoms with E-state index < -0.39 is 5.97 Å². The van der Waals surface area contributed by atoms with E-state index in [0.29, 0.717) is 0 Å². The van der Waals surface area contributed by atoms with E-state index in [4.69, 9.17) is 9.90 Å². The number of carbonyl (C=O) groups excluding carboxylic acids is 1. The molecule has 0 fully saturated rings. The number of hydrogen-bond donors (Lipinski definition) is 1. The van der Waals surface area contributed by atoms with Gasteiger partial charge in [-0.05, 0) is 6.92 Å². The van der Waals surface area contributed by atoms with Crippen molar-refractivity contribution in [2.75, 3.05) is 7.05 Å². The zero-order chi connectivity index (χ0) is 6.28. The van der Waals surface area contributed by atoms with E-state index in [2.05, 4.69) is 11.7 Å². The molecule has 0 aliphatic heterocycles. The van der Waals surface area contributed by atoms with Crippen molar-refractivity contribution in [3.05, 3.63) is 0 Å². The van der Waals surface area contributed by atoms with Crippen LogP contribution in [0.15, 0.2) is 0 Å². The predicted molar refractivity (Wildman–Crippen MR) is 24.7 cm³/mol. The van der Waals surface area contributed by atoms with Crippen molar-refractivity contribution in [3.8, 4) is 0 Å². The Kier molecular flexibility index (Phi) is 12.1. The van der Waals surface area contributed by atoms with Crippen LogP contribution in [-0.4, -0.2) is 19.7 Å². The molecule has 0 aliphatic rings. The van der Waals surface area contributed by atoms with Gasteiger partial charge in [0.25, 0.3) is 0 Å². The van der Waals surface area contributed by atoms with Crippen molar-refractivity contribution in [2.24, 2.45) is 0 Å². The first-order valence-electron chi connectivity index (χ1n) is 1.76. The van der Waals surface area contributed by atoms with Gasteiger partial charge in [0.05, 0.1) is 0 Å². The Bertz CT molecular complexity index is 56.7. The molecule has 0 rings (SSSR count). The summed E-state index contributed by atoms with van der Waals surface area (Å²) in [5.41, 5.74) is 0. The van der Waals surface area contributed by atoms with E-state index in [0.717, 1.165) is 6.92 Å². The van der Waals surface area contributed by atoms with Crippen LogP contribution in [-0.2, 0) is 4.79 Å². The van der Waals surface area contributed by atoms with Crippen LogP contribution >= 0.6 is 0 Å². The third-order valence-corrected chi connectivity index (χ3v) is 0. The van der Waals surface area contributed by atoms with Crippen LogP contribution in [0.5, 0.6) is 0 Å². The average Bonchev–Trinajstić information content (AvgIpc) is 1.33. The molecule has 0 amide bonds. The summed E-state index contributed by atoms with van der Waals surface area (Å²) in [5, 5.41) is 8.89. The Hall–Kier alpha value is -0.860. The molecule has 0 bridgehead atoms. The molecule has 0 aromatic carbocycles. The van der Waals surface area contributed by atoms with Crippen LogP contribution in [0.25, 0.3) is 0 Å². The molecule has 1 N–H and O–H groups in total. The second-order valence-electron chi connectivity index (χ2n) is 0.845. The van der Waals surface area contributed by atoms with Gasteiger partial charge >= 0.3 is 0 Å². The minimum atomic E-state index is -1.08. The van der Waals surface area contributed by atoms with Crippen molar-refractivity contribution >= 4 is 12.7 Å². The molecule has 0 spiro atoms. The lowest BCUT2D eigenvalue weighted by Gasteiger charge is -1.77. The molecule has 0 heterocycles. The first kappa shape index (κ1) is 9.46. The summed E-state index contributed by atoms with van der Waals surface area (Å²) in [4.78, 5) is 11.4. The monoisotopic (exact) mass is 103 g/mol. The maximum atomic E-state index is 8.89. The summed E-state index contributed by atoms with van der Waals surface area (Å²) in [5.74, 6) is -1.08. The van der Waals surface area contributed by atoms with E-state index >= 15 is 0 Å². The Morgan fingerprint density at radius 2 is 1.86 bits per heavy atom. The van der Waals surface area contributed by atoms with Gasteiger partial charge in [-0.15, -0.1) is 0 Å². The highest BCUT2D eigenvalue weighted by Gasteiger charge is 1.46. The van der Waals surface area contributed by atoms with Crippen LogP contribution in [0.2, 0.25) is 0 Å². The van der Waals surface area contributed by atoms with Crippen LogP contribution < -0.4 is 10.1 Å². The lowest BCUT2D eigenvalue weighted by molar-refractivity contribution is -0.409. The van der Waals surface area contributed by atoms with E-state index in [1.165, 1.54) is 0 Å². The molecular weight excluding hydrogens is 94.0 g/mol. The molecule has 7 heavy (non-hydrogen) atoms. The summed E-state index contributed by atoms with van der Waals surface area (Å²) in [6, 6.07) is 0. The lowest BCUT2D eigenvalue weighted by atomic mass is 10.9. The first-order valence-corrected chi connectivity index (χ1v) is 1.76. The molecule has 42 valence electrons. The maximum Gasteiger partial charge on any atom is 0.130 e. The van der Waals surface area contributed by atoms with Gasteiger partial charge in [0, 0.05) is 5.97 Å². The molecule has 0 saturated heterocycles. The number of carboxylic acids is 1. The molecule has 3 nitrogen and oxygen atoms in total. The zero-order valence-electron chi connectivity index (χ0n) is 4.52. The van der Waals surface area contributed by atoms with Crippen molar-refractivity contribution in [3.63, 3.8) is 0 Å². The van der Waals surface area contributed by atoms with Crippen molar-refractivity contribution in [1.29, 1.82) is 0 Å². The number of rotatable bonds is 0. The van der Waals surface area contributed by atoms with Gasteiger partial charge in [0.1, 0.15) is 13.8 Å². The Labute approximate surface area is 42.7 Å². The maximum absolute atomic E-state index is 8.89.